The topological polar surface area (TPSA) is 88.5 Å². The second-order valence-corrected chi connectivity index (χ2v) is 7.90. The Kier molecular flexibility index (Phi) is 5.29. The largest absolute Gasteiger partial charge is 0.418 e. The summed E-state index contributed by atoms with van der Waals surface area (Å²) in [5.74, 6) is 1.11. The molecule has 3 aromatic rings. The van der Waals surface area contributed by atoms with E-state index in [2.05, 4.69) is 15.1 Å². The molecule has 0 spiro atoms. The summed E-state index contributed by atoms with van der Waals surface area (Å²) in [6.45, 7) is 4.83. The quantitative estimate of drug-likeness (QED) is 0.451. The molecule has 0 saturated carbocycles. The summed E-state index contributed by atoms with van der Waals surface area (Å²) in [5.41, 5.74) is 0.631. The number of nitrogens with zero attached hydrogens (tertiary/aromatic N) is 5. The molecule has 1 unspecified atom stereocenters. The third-order valence-corrected chi connectivity index (χ3v) is 5.96. The lowest BCUT2D eigenvalue weighted by Gasteiger charge is -2.37. The Bertz CT molecular complexity index is 970. The van der Waals surface area contributed by atoms with Gasteiger partial charge in [-0.25, -0.2) is 0 Å². The number of nitro groups is 1. The maximum Gasteiger partial charge on any atom is 0.294 e. The lowest BCUT2D eigenvalue weighted by Crippen LogP contribution is -2.47. The molecule has 0 amide bonds. The molecule has 1 aliphatic heterocycles. The van der Waals surface area contributed by atoms with Crippen LogP contribution < -0.4 is 4.90 Å². The van der Waals surface area contributed by atoms with Gasteiger partial charge in [-0.1, -0.05) is 17.7 Å². The van der Waals surface area contributed by atoms with Crippen molar-refractivity contribution in [2.24, 2.45) is 0 Å². The maximum atomic E-state index is 11.4. The van der Waals surface area contributed by atoms with E-state index < -0.39 is 0 Å². The molecule has 4 rings (SSSR count). The molecular formula is C18H18ClN5O3S. The van der Waals surface area contributed by atoms with E-state index in [0.29, 0.717) is 35.6 Å². The van der Waals surface area contributed by atoms with Crippen LogP contribution in [-0.2, 0) is 0 Å². The van der Waals surface area contributed by atoms with E-state index in [1.807, 2.05) is 29.3 Å². The summed E-state index contributed by atoms with van der Waals surface area (Å²) in [6.07, 6.45) is 0. The van der Waals surface area contributed by atoms with Gasteiger partial charge in [0.2, 0.25) is 5.89 Å². The van der Waals surface area contributed by atoms with E-state index in [1.165, 1.54) is 6.07 Å². The molecule has 0 N–H and O–H groups in total. The third-order valence-electron chi connectivity index (χ3n) is 4.87. The normalized spacial score (nSPS) is 16.3. The number of thiophene rings is 1. The molecule has 1 saturated heterocycles. The number of rotatable bonds is 5. The molecule has 2 aromatic heterocycles. The number of benzene rings is 1. The van der Waals surface area contributed by atoms with Crippen molar-refractivity contribution < 1.29 is 9.34 Å². The van der Waals surface area contributed by atoms with Crippen molar-refractivity contribution in [1.29, 1.82) is 0 Å². The van der Waals surface area contributed by atoms with Crippen LogP contribution in [0.25, 0.3) is 10.8 Å². The smallest absolute Gasteiger partial charge is 0.294 e. The van der Waals surface area contributed by atoms with Crippen LogP contribution in [0, 0.1) is 10.1 Å². The first-order chi connectivity index (χ1) is 13.5. The van der Waals surface area contributed by atoms with Crippen molar-refractivity contribution >= 4 is 34.3 Å². The Morgan fingerprint density at radius 1 is 1.25 bits per heavy atom. The van der Waals surface area contributed by atoms with Crippen LogP contribution in [0.1, 0.15) is 18.9 Å². The minimum Gasteiger partial charge on any atom is -0.418 e. The average molecular weight is 420 g/mol. The molecule has 0 aliphatic carbocycles. The zero-order valence-electron chi connectivity index (χ0n) is 15.1. The second-order valence-electron chi connectivity index (χ2n) is 6.51. The average Bonchev–Trinajstić information content (AvgIpc) is 3.39. The van der Waals surface area contributed by atoms with E-state index in [-0.39, 0.29) is 16.7 Å². The summed E-state index contributed by atoms with van der Waals surface area (Å²) in [5, 5.41) is 22.0. The Hall–Kier alpha value is -2.49. The predicted molar refractivity (Wildman–Crippen MR) is 108 cm³/mol. The number of aromatic nitrogens is 2. The van der Waals surface area contributed by atoms with Gasteiger partial charge in [0.25, 0.3) is 11.6 Å². The fourth-order valence-electron chi connectivity index (χ4n) is 3.32. The van der Waals surface area contributed by atoms with Gasteiger partial charge in [-0.05, 0) is 30.5 Å². The van der Waals surface area contributed by atoms with Gasteiger partial charge in [0.05, 0.1) is 15.8 Å². The van der Waals surface area contributed by atoms with Crippen molar-refractivity contribution in [3.8, 4) is 10.8 Å². The molecule has 10 heteroatoms. The lowest BCUT2D eigenvalue weighted by atomic mass is 10.2. The van der Waals surface area contributed by atoms with Crippen molar-refractivity contribution in [2.75, 3.05) is 31.1 Å². The molecular weight excluding hydrogens is 402 g/mol. The highest BCUT2D eigenvalue weighted by Crippen LogP contribution is 2.33. The molecule has 146 valence electrons. The van der Waals surface area contributed by atoms with Gasteiger partial charge in [-0.15, -0.1) is 21.5 Å². The molecule has 0 radical (unpaired) electrons. The molecule has 1 aliphatic rings. The van der Waals surface area contributed by atoms with E-state index in [0.717, 1.165) is 18.0 Å². The van der Waals surface area contributed by atoms with Crippen LogP contribution >= 0.6 is 22.9 Å². The molecule has 28 heavy (non-hydrogen) atoms. The summed E-state index contributed by atoms with van der Waals surface area (Å²) >= 11 is 7.48. The third kappa shape index (κ3) is 3.73. The van der Waals surface area contributed by atoms with Crippen molar-refractivity contribution in [3.05, 3.63) is 56.7 Å². The van der Waals surface area contributed by atoms with Gasteiger partial charge in [-0.2, -0.15) is 0 Å². The zero-order chi connectivity index (χ0) is 19.7. The molecule has 3 heterocycles. The van der Waals surface area contributed by atoms with Gasteiger partial charge in [0.1, 0.15) is 5.69 Å². The summed E-state index contributed by atoms with van der Waals surface area (Å²) in [4.78, 5) is 16.2. The standard InChI is InChI=1S/C18H18ClN5O3S/c1-12(17-20-21-18(27-17)16-3-2-10-28-16)22-6-8-23(9-7-22)14-5-4-13(19)11-15(14)24(25)26/h2-5,10-12H,6-9H2,1H3. The van der Waals surface area contributed by atoms with Crippen molar-refractivity contribution in [2.45, 2.75) is 13.0 Å². The van der Waals surface area contributed by atoms with Crippen LogP contribution in [0.5, 0.6) is 0 Å². The van der Waals surface area contributed by atoms with Gasteiger partial charge in [0, 0.05) is 37.3 Å². The number of hydrogen-bond donors (Lipinski definition) is 0. The summed E-state index contributed by atoms with van der Waals surface area (Å²) in [7, 11) is 0. The van der Waals surface area contributed by atoms with Crippen molar-refractivity contribution in [3.63, 3.8) is 0 Å². The second kappa shape index (κ2) is 7.86. The van der Waals surface area contributed by atoms with E-state index in [1.54, 1.807) is 23.5 Å². The molecule has 1 aromatic carbocycles. The van der Waals surface area contributed by atoms with Crippen LogP contribution in [0.2, 0.25) is 5.02 Å². The first-order valence-corrected chi connectivity index (χ1v) is 10.1. The summed E-state index contributed by atoms with van der Waals surface area (Å²) < 4.78 is 5.85. The van der Waals surface area contributed by atoms with Gasteiger partial charge >= 0.3 is 0 Å². The fourth-order valence-corrected chi connectivity index (χ4v) is 4.13. The predicted octanol–water partition coefficient (Wildman–Crippen LogP) is 4.24. The molecule has 1 fully saturated rings. The Labute approximate surface area is 170 Å². The Morgan fingerprint density at radius 2 is 2.04 bits per heavy atom. The SMILES string of the molecule is CC(c1nnc(-c2cccs2)o1)N1CCN(c2ccc(Cl)cc2[N+](=O)[O-])CC1. The monoisotopic (exact) mass is 419 g/mol. The Balaban J connectivity index is 1.44. The zero-order valence-corrected chi connectivity index (χ0v) is 16.7. The first-order valence-electron chi connectivity index (χ1n) is 8.83. The van der Waals surface area contributed by atoms with Crippen LogP contribution in [0.4, 0.5) is 11.4 Å². The van der Waals surface area contributed by atoms with E-state index in [4.69, 9.17) is 16.0 Å². The van der Waals surface area contributed by atoms with Crippen LogP contribution in [0.3, 0.4) is 0 Å². The van der Waals surface area contributed by atoms with Gasteiger partial charge in [-0.3, -0.25) is 15.0 Å². The van der Waals surface area contributed by atoms with Crippen LogP contribution in [0.15, 0.2) is 40.1 Å². The lowest BCUT2D eigenvalue weighted by molar-refractivity contribution is -0.384. The van der Waals surface area contributed by atoms with Crippen molar-refractivity contribution in [1.82, 2.24) is 15.1 Å². The van der Waals surface area contributed by atoms with E-state index in [9.17, 15) is 10.1 Å². The number of nitro benzene ring substituents is 1. The Morgan fingerprint density at radius 3 is 2.71 bits per heavy atom. The highest BCUT2D eigenvalue weighted by atomic mass is 35.5. The number of halogens is 1. The number of piperazine rings is 1. The number of hydrogen-bond acceptors (Lipinski definition) is 8. The van der Waals surface area contributed by atoms with Crippen LogP contribution in [-0.4, -0.2) is 46.2 Å². The number of anilines is 1. The van der Waals surface area contributed by atoms with E-state index >= 15 is 0 Å². The highest BCUT2D eigenvalue weighted by Gasteiger charge is 2.28. The first kappa shape index (κ1) is 18.9. The molecule has 1 atom stereocenters. The van der Waals surface area contributed by atoms with Gasteiger partial charge < -0.3 is 9.32 Å². The van der Waals surface area contributed by atoms with Gasteiger partial charge in [0.15, 0.2) is 0 Å². The highest BCUT2D eigenvalue weighted by molar-refractivity contribution is 7.13. The minimum atomic E-state index is -0.388. The molecule has 0 bridgehead atoms. The minimum absolute atomic E-state index is 0.0245. The fraction of sp³-hybridized carbons (Fsp3) is 0.333. The maximum absolute atomic E-state index is 11.4. The summed E-state index contributed by atoms with van der Waals surface area (Å²) in [6, 6.07) is 8.67. The molecule has 8 nitrogen and oxygen atoms in total.